The molecule has 2 unspecified atom stereocenters. The molecule has 3 amide bonds. The van der Waals surface area contributed by atoms with Crippen LogP contribution in [0.2, 0.25) is 0 Å². The number of nitrogens with one attached hydrogen (secondary N) is 3. The van der Waals surface area contributed by atoms with Crippen molar-refractivity contribution in [1.82, 2.24) is 20.9 Å². The summed E-state index contributed by atoms with van der Waals surface area (Å²) in [5.41, 5.74) is 3.11. The van der Waals surface area contributed by atoms with E-state index in [9.17, 15) is 14.4 Å². The lowest BCUT2D eigenvalue weighted by Gasteiger charge is -2.52. The van der Waals surface area contributed by atoms with E-state index >= 15 is 0 Å². The summed E-state index contributed by atoms with van der Waals surface area (Å²) in [6, 6.07) is 5.67. The van der Waals surface area contributed by atoms with Crippen molar-refractivity contribution in [2.45, 2.75) is 50.9 Å². The molecule has 8 nitrogen and oxygen atoms in total. The minimum absolute atomic E-state index is 0.122. The second-order valence-electron chi connectivity index (χ2n) is 8.88. The average molecular weight is 412 g/mol. The molecule has 3 saturated heterocycles. The van der Waals surface area contributed by atoms with Crippen molar-refractivity contribution in [1.29, 1.82) is 0 Å². The second-order valence-corrected chi connectivity index (χ2v) is 8.88. The van der Waals surface area contributed by atoms with Gasteiger partial charge in [-0.05, 0) is 36.5 Å². The van der Waals surface area contributed by atoms with Gasteiger partial charge in [0.25, 0.3) is 5.91 Å². The Hall–Kier alpha value is -2.29. The van der Waals surface area contributed by atoms with Crippen LogP contribution in [0.4, 0.5) is 0 Å². The minimum atomic E-state index is -0.573. The monoisotopic (exact) mass is 412 g/mol. The van der Waals surface area contributed by atoms with Crippen molar-refractivity contribution in [2.24, 2.45) is 5.41 Å². The molecule has 3 N–H and O–H groups in total. The summed E-state index contributed by atoms with van der Waals surface area (Å²) in [6.07, 6.45) is 2.88. The zero-order chi connectivity index (χ0) is 20.7. The topological polar surface area (TPSA) is 99.8 Å². The van der Waals surface area contributed by atoms with Gasteiger partial charge in [0.1, 0.15) is 6.04 Å². The molecule has 8 heteroatoms. The quantitative estimate of drug-likeness (QED) is 0.602. The number of carbonyl (C=O) groups is 3. The van der Waals surface area contributed by atoms with Crippen LogP contribution in [-0.2, 0) is 27.4 Å². The Morgan fingerprint density at radius 1 is 1.20 bits per heavy atom. The third kappa shape index (κ3) is 3.33. The molecule has 4 aliphatic rings. The molecule has 1 spiro atoms. The van der Waals surface area contributed by atoms with E-state index in [-0.39, 0.29) is 24.1 Å². The minimum Gasteiger partial charge on any atom is -0.381 e. The molecular weight excluding hydrogens is 384 g/mol. The molecule has 160 valence electrons. The third-order valence-electron chi connectivity index (χ3n) is 7.27. The van der Waals surface area contributed by atoms with Crippen LogP contribution in [0.1, 0.15) is 47.2 Å². The first-order valence-electron chi connectivity index (χ1n) is 10.8. The van der Waals surface area contributed by atoms with E-state index in [1.165, 1.54) is 0 Å². The number of ether oxygens (including phenoxy) is 1. The Kier molecular flexibility index (Phi) is 5.08. The van der Waals surface area contributed by atoms with Crippen molar-refractivity contribution >= 4 is 17.7 Å². The molecule has 4 aliphatic heterocycles. The molecule has 1 aromatic rings. The molecule has 0 radical (unpaired) electrons. The number of piperidine rings is 1. The van der Waals surface area contributed by atoms with Crippen molar-refractivity contribution < 1.29 is 19.1 Å². The number of imide groups is 1. The van der Waals surface area contributed by atoms with Gasteiger partial charge in [-0.15, -0.1) is 0 Å². The van der Waals surface area contributed by atoms with Gasteiger partial charge in [0.2, 0.25) is 11.8 Å². The first-order chi connectivity index (χ1) is 14.6. The van der Waals surface area contributed by atoms with E-state index in [1.54, 1.807) is 4.90 Å². The Morgan fingerprint density at radius 2 is 2.03 bits per heavy atom. The van der Waals surface area contributed by atoms with Crippen LogP contribution < -0.4 is 16.0 Å². The third-order valence-corrected chi connectivity index (χ3v) is 7.27. The maximum atomic E-state index is 12.9. The van der Waals surface area contributed by atoms with Crippen LogP contribution in [0.15, 0.2) is 18.2 Å². The highest BCUT2D eigenvalue weighted by Gasteiger charge is 2.46. The maximum Gasteiger partial charge on any atom is 0.255 e. The zero-order valence-corrected chi connectivity index (χ0v) is 17.0. The molecule has 3 fully saturated rings. The molecular formula is C22H28N4O4. The molecule has 5 rings (SSSR count). The smallest absolute Gasteiger partial charge is 0.255 e. The maximum absolute atomic E-state index is 12.9. The van der Waals surface area contributed by atoms with E-state index in [1.807, 2.05) is 18.2 Å². The predicted molar refractivity (Wildman–Crippen MR) is 108 cm³/mol. The van der Waals surface area contributed by atoms with Crippen molar-refractivity contribution in [2.75, 3.05) is 26.3 Å². The van der Waals surface area contributed by atoms with Crippen LogP contribution in [0, 0.1) is 5.41 Å². The molecule has 1 aromatic carbocycles. The molecule has 0 aliphatic carbocycles. The zero-order valence-electron chi connectivity index (χ0n) is 17.0. The lowest BCUT2D eigenvalue weighted by molar-refractivity contribution is -0.136. The second kappa shape index (κ2) is 7.76. The lowest BCUT2D eigenvalue weighted by atomic mass is 9.68. The van der Waals surface area contributed by atoms with Gasteiger partial charge >= 0.3 is 0 Å². The van der Waals surface area contributed by atoms with Crippen molar-refractivity contribution in [3.8, 4) is 0 Å². The number of fused-ring (bicyclic) bond motifs is 1. The first kappa shape index (κ1) is 19.7. The van der Waals surface area contributed by atoms with Gasteiger partial charge < -0.3 is 20.3 Å². The number of hydrogen-bond acceptors (Lipinski definition) is 6. The molecule has 0 saturated carbocycles. The first-order valence-corrected chi connectivity index (χ1v) is 10.8. The van der Waals surface area contributed by atoms with Gasteiger partial charge in [0.15, 0.2) is 0 Å². The lowest BCUT2D eigenvalue weighted by Crippen LogP contribution is -2.67. The summed E-state index contributed by atoms with van der Waals surface area (Å²) in [5.74, 6) is -0.759. The predicted octanol–water partition coefficient (Wildman–Crippen LogP) is 0.306. The summed E-state index contributed by atoms with van der Waals surface area (Å²) < 4.78 is 5.52. The van der Waals surface area contributed by atoms with Gasteiger partial charge in [-0.25, -0.2) is 0 Å². The summed E-state index contributed by atoms with van der Waals surface area (Å²) in [7, 11) is 0. The Labute approximate surface area is 175 Å². The number of nitrogens with zero attached hydrogens (tertiary/aromatic N) is 1. The summed E-state index contributed by atoms with van der Waals surface area (Å²) in [5, 5.41) is 9.49. The summed E-state index contributed by atoms with van der Waals surface area (Å²) in [6.45, 7) is 4.75. The number of rotatable bonds is 5. The fraction of sp³-hybridized carbons (Fsp3) is 0.591. The van der Waals surface area contributed by atoms with E-state index in [2.05, 4.69) is 16.0 Å². The summed E-state index contributed by atoms with van der Waals surface area (Å²) >= 11 is 0. The molecule has 30 heavy (non-hydrogen) atoms. The summed E-state index contributed by atoms with van der Waals surface area (Å²) in [4.78, 5) is 38.2. The van der Waals surface area contributed by atoms with Crippen LogP contribution in [0.25, 0.3) is 0 Å². The van der Waals surface area contributed by atoms with Crippen molar-refractivity contribution in [3.63, 3.8) is 0 Å². The van der Waals surface area contributed by atoms with Crippen LogP contribution in [0.5, 0.6) is 0 Å². The number of benzene rings is 1. The highest BCUT2D eigenvalue weighted by atomic mass is 16.5. The number of hydrogen-bond donors (Lipinski definition) is 3. The van der Waals surface area contributed by atoms with Crippen molar-refractivity contribution in [3.05, 3.63) is 34.9 Å². The fourth-order valence-corrected chi connectivity index (χ4v) is 5.29. The average Bonchev–Trinajstić information content (AvgIpc) is 3.08. The highest BCUT2D eigenvalue weighted by Crippen LogP contribution is 2.39. The Bertz CT molecular complexity index is 880. The number of amides is 3. The van der Waals surface area contributed by atoms with Gasteiger partial charge in [0, 0.05) is 62.8 Å². The van der Waals surface area contributed by atoms with Gasteiger partial charge in [-0.3, -0.25) is 19.7 Å². The SMILES string of the molecule is O=C1CCC(N2Cc3c(CNCC4NCC45CCOCC5)cccc3C2=O)C(=O)N1. The van der Waals surface area contributed by atoms with Crippen LogP contribution in [0.3, 0.4) is 0 Å². The van der Waals surface area contributed by atoms with Gasteiger partial charge in [-0.1, -0.05) is 12.1 Å². The van der Waals surface area contributed by atoms with E-state index < -0.39 is 6.04 Å². The van der Waals surface area contributed by atoms with Gasteiger partial charge in [-0.2, -0.15) is 0 Å². The molecule has 4 heterocycles. The van der Waals surface area contributed by atoms with Crippen LogP contribution in [-0.4, -0.2) is 61.0 Å². The largest absolute Gasteiger partial charge is 0.381 e. The highest BCUT2D eigenvalue weighted by molar-refractivity contribution is 6.05. The normalized spacial score (nSPS) is 27.7. The molecule has 0 aromatic heterocycles. The molecule has 2 atom stereocenters. The van der Waals surface area contributed by atoms with E-state index in [4.69, 9.17) is 4.74 Å². The fourth-order valence-electron chi connectivity index (χ4n) is 5.29. The Morgan fingerprint density at radius 3 is 2.77 bits per heavy atom. The molecule has 0 bridgehead atoms. The van der Waals surface area contributed by atoms with E-state index in [0.717, 1.165) is 50.3 Å². The standard InChI is InChI=1S/C22H28N4O4/c27-19-5-4-17(20(28)25-19)26-12-16-14(2-1-3-15(16)21(26)29)10-23-11-18-22(13-24-18)6-8-30-9-7-22/h1-3,17-18,23-24H,4-13H2,(H,25,27,28). The van der Waals surface area contributed by atoms with E-state index in [0.29, 0.717) is 36.5 Å². The van der Waals surface area contributed by atoms with Gasteiger partial charge in [0.05, 0.1) is 0 Å². The number of carbonyl (C=O) groups excluding carboxylic acids is 3. The van der Waals surface area contributed by atoms with Crippen LogP contribution >= 0.6 is 0 Å². The Balaban J connectivity index is 1.23.